The van der Waals surface area contributed by atoms with Crippen molar-refractivity contribution in [1.82, 2.24) is 14.8 Å². The Labute approximate surface area is 205 Å². The maximum absolute atomic E-state index is 6.38. The third kappa shape index (κ3) is 5.74. The highest BCUT2D eigenvalue weighted by molar-refractivity contribution is 6.76. The standard InChI is InChI=1S/C26H27Cl2N3OSi/c1-33(2,3)17-16-32-18-31-25-12-6-8-20(23-11-4-5-15-29-23)26(25)24(30-31)14-13-19-21(27)9-7-10-22(19)28/h4-15H,16-18H2,1-3H3. The van der Waals surface area contributed by atoms with Crippen LogP contribution in [0.1, 0.15) is 11.3 Å². The summed E-state index contributed by atoms with van der Waals surface area (Å²) < 4.78 is 7.93. The number of pyridine rings is 1. The summed E-state index contributed by atoms with van der Waals surface area (Å²) in [6.45, 7) is 8.18. The van der Waals surface area contributed by atoms with Gasteiger partial charge in [0.25, 0.3) is 0 Å². The quantitative estimate of drug-likeness (QED) is 0.184. The molecular weight excluding hydrogens is 469 g/mol. The van der Waals surface area contributed by atoms with Gasteiger partial charge in [0.15, 0.2) is 0 Å². The molecule has 2 aromatic heterocycles. The SMILES string of the molecule is C[Si](C)(C)CCOCn1nc(C=Cc2c(Cl)cccc2Cl)c2c(-c3ccccn3)cccc21. The van der Waals surface area contributed by atoms with Gasteiger partial charge >= 0.3 is 0 Å². The van der Waals surface area contributed by atoms with E-state index in [4.69, 9.17) is 33.0 Å². The van der Waals surface area contributed by atoms with Crippen LogP contribution < -0.4 is 0 Å². The number of ether oxygens (including phenoxy) is 1. The fourth-order valence-electron chi connectivity index (χ4n) is 3.57. The summed E-state index contributed by atoms with van der Waals surface area (Å²) >= 11 is 12.8. The minimum atomic E-state index is -1.16. The molecule has 0 aliphatic heterocycles. The number of nitrogens with zero attached hydrogens (tertiary/aromatic N) is 3. The molecule has 0 fully saturated rings. The highest BCUT2D eigenvalue weighted by Gasteiger charge is 2.16. The Morgan fingerprint density at radius 3 is 2.39 bits per heavy atom. The molecule has 0 amide bonds. The molecule has 0 saturated heterocycles. The van der Waals surface area contributed by atoms with E-state index in [-0.39, 0.29) is 0 Å². The van der Waals surface area contributed by atoms with E-state index in [1.54, 1.807) is 6.20 Å². The number of benzene rings is 2. The molecule has 170 valence electrons. The summed E-state index contributed by atoms with van der Waals surface area (Å²) in [5.41, 5.74) is 4.50. The third-order valence-electron chi connectivity index (χ3n) is 5.36. The second-order valence-corrected chi connectivity index (χ2v) is 15.6. The first-order valence-electron chi connectivity index (χ1n) is 10.9. The lowest BCUT2D eigenvalue weighted by molar-refractivity contribution is 0.0816. The Balaban J connectivity index is 1.76. The predicted octanol–water partition coefficient (Wildman–Crippen LogP) is 7.89. The van der Waals surface area contributed by atoms with Gasteiger partial charge in [0.2, 0.25) is 0 Å². The molecule has 4 nitrogen and oxygen atoms in total. The summed E-state index contributed by atoms with van der Waals surface area (Å²) in [7, 11) is -1.16. The molecular formula is C26H27Cl2N3OSi. The van der Waals surface area contributed by atoms with Gasteiger partial charge < -0.3 is 4.74 Å². The Hall–Kier alpha value is -2.44. The van der Waals surface area contributed by atoms with Crippen molar-refractivity contribution in [3.05, 3.63) is 82.1 Å². The van der Waals surface area contributed by atoms with Gasteiger partial charge in [0, 0.05) is 47.4 Å². The number of aromatic nitrogens is 3. The maximum Gasteiger partial charge on any atom is 0.140 e. The molecule has 0 aliphatic rings. The first-order chi connectivity index (χ1) is 15.8. The van der Waals surface area contributed by atoms with Crippen LogP contribution in [0.2, 0.25) is 35.7 Å². The number of hydrogen-bond acceptors (Lipinski definition) is 3. The van der Waals surface area contributed by atoms with Crippen LogP contribution >= 0.6 is 23.2 Å². The number of rotatable bonds is 8. The highest BCUT2D eigenvalue weighted by Crippen LogP contribution is 2.32. The Morgan fingerprint density at radius 1 is 0.939 bits per heavy atom. The molecule has 0 saturated carbocycles. The van der Waals surface area contributed by atoms with Gasteiger partial charge in [-0.25, -0.2) is 4.68 Å². The maximum atomic E-state index is 6.38. The lowest BCUT2D eigenvalue weighted by Gasteiger charge is -2.15. The van der Waals surface area contributed by atoms with Gasteiger partial charge in [-0.2, -0.15) is 5.10 Å². The lowest BCUT2D eigenvalue weighted by Crippen LogP contribution is -2.22. The molecule has 0 N–H and O–H groups in total. The molecule has 4 aromatic rings. The molecule has 33 heavy (non-hydrogen) atoms. The van der Waals surface area contributed by atoms with E-state index in [0.29, 0.717) is 16.8 Å². The van der Waals surface area contributed by atoms with E-state index in [1.165, 1.54) is 0 Å². The first-order valence-corrected chi connectivity index (χ1v) is 15.4. The molecule has 4 rings (SSSR count). The van der Waals surface area contributed by atoms with Gasteiger partial charge in [-0.3, -0.25) is 4.98 Å². The lowest BCUT2D eigenvalue weighted by atomic mass is 10.0. The number of halogens is 2. The summed E-state index contributed by atoms with van der Waals surface area (Å²) in [5.74, 6) is 0. The van der Waals surface area contributed by atoms with Crippen molar-refractivity contribution >= 4 is 54.3 Å². The van der Waals surface area contributed by atoms with Crippen LogP contribution in [0.5, 0.6) is 0 Å². The minimum Gasteiger partial charge on any atom is -0.360 e. The van der Waals surface area contributed by atoms with Crippen molar-refractivity contribution in [2.45, 2.75) is 32.4 Å². The average Bonchev–Trinajstić information content (AvgIpc) is 3.14. The van der Waals surface area contributed by atoms with Crippen LogP contribution in [-0.4, -0.2) is 29.4 Å². The third-order valence-corrected chi connectivity index (χ3v) is 7.73. The Morgan fingerprint density at radius 2 is 1.70 bits per heavy atom. The van der Waals surface area contributed by atoms with E-state index in [1.807, 2.05) is 59.3 Å². The highest BCUT2D eigenvalue weighted by atomic mass is 35.5. The molecule has 2 heterocycles. The van der Waals surface area contributed by atoms with E-state index in [9.17, 15) is 0 Å². The van der Waals surface area contributed by atoms with Crippen molar-refractivity contribution in [2.75, 3.05) is 6.61 Å². The van der Waals surface area contributed by atoms with Crippen LogP contribution in [0, 0.1) is 0 Å². The smallest absolute Gasteiger partial charge is 0.140 e. The Kier molecular flexibility index (Phi) is 7.34. The number of fused-ring (bicyclic) bond motifs is 1. The summed E-state index contributed by atoms with van der Waals surface area (Å²) in [4.78, 5) is 4.57. The molecule has 0 spiro atoms. The van der Waals surface area contributed by atoms with E-state index < -0.39 is 8.07 Å². The van der Waals surface area contributed by atoms with Crippen LogP contribution in [0.25, 0.3) is 34.3 Å². The van der Waals surface area contributed by atoms with Crippen molar-refractivity contribution in [1.29, 1.82) is 0 Å². The molecule has 0 bridgehead atoms. The Bertz CT molecular complexity index is 1260. The van der Waals surface area contributed by atoms with Crippen LogP contribution in [-0.2, 0) is 11.5 Å². The first kappa shape index (κ1) is 23.7. The number of hydrogen-bond donors (Lipinski definition) is 0. The molecule has 0 radical (unpaired) electrons. The zero-order valence-corrected chi connectivity index (χ0v) is 21.6. The van der Waals surface area contributed by atoms with Crippen molar-refractivity contribution in [3.8, 4) is 11.3 Å². The predicted molar refractivity (Wildman–Crippen MR) is 142 cm³/mol. The van der Waals surface area contributed by atoms with Crippen molar-refractivity contribution < 1.29 is 4.74 Å². The second kappa shape index (κ2) is 10.2. The van der Waals surface area contributed by atoms with Crippen LogP contribution in [0.4, 0.5) is 0 Å². The monoisotopic (exact) mass is 495 g/mol. The second-order valence-electron chi connectivity index (χ2n) is 9.12. The molecule has 0 aliphatic carbocycles. The molecule has 0 atom stereocenters. The molecule has 2 aromatic carbocycles. The topological polar surface area (TPSA) is 39.9 Å². The summed E-state index contributed by atoms with van der Waals surface area (Å²) in [6, 6.07) is 18.7. The van der Waals surface area contributed by atoms with Gasteiger partial charge in [0.1, 0.15) is 6.73 Å². The van der Waals surface area contributed by atoms with Gasteiger partial charge in [-0.05, 0) is 48.5 Å². The summed E-state index contributed by atoms with van der Waals surface area (Å²) in [5, 5.41) is 7.10. The van der Waals surface area contributed by atoms with Crippen LogP contribution in [0.3, 0.4) is 0 Å². The fourth-order valence-corrected chi connectivity index (χ4v) is 4.85. The zero-order chi connectivity index (χ0) is 23.4. The normalized spacial score (nSPS) is 12.2. The van der Waals surface area contributed by atoms with E-state index in [2.05, 4.69) is 36.8 Å². The van der Waals surface area contributed by atoms with Crippen LogP contribution in [0.15, 0.2) is 60.8 Å². The van der Waals surface area contributed by atoms with E-state index >= 15 is 0 Å². The van der Waals surface area contributed by atoms with Gasteiger partial charge in [-0.15, -0.1) is 0 Å². The fraction of sp³-hybridized carbons (Fsp3) is 0.231. The largest absolute Gasteiger partial charge is 0.360 e. The molecule has 7 heteroatoms. The van der Waals surface area contributed by atoms with Crippen molar-refractivity contribution in [3.63, 3.8) is 0 Å². The van der Waals surface area contributed by atoms with Gasteiger partial charge in [-0.1, -0.05) is 67.1 Å². The average molecular weight is 497 g/mol. The van der Waals surface area contributed by atoms with E-state index in [0.717, 1.165) is 46.1 Å². The minimum absolute atomic E-state index is 0.396. The van der Waals surface area contributed by atoms with Gasteiger partial charge in [0.05, 0.1) is 16.9 Å². The molecule has 0 unspecified atom stereocenters. The zero-order valence-electron chi connectivity index (χ0n) is 19.1. The summed E-state index contributed by atoms with van der Waals surface area (Å²) in [6.07, 6.45) is 5.68. The van der Waals surface area contributed by atoms with Crippen molar-refractivity contribution in [2.24, 2.45) is 0 Å².